The molecule has 1 aromatic rings. The molecule has 0 saturated heterocycles. The summed E-state index contributed by atoms with van der Waals surface area (Å²) in [6, 6.07) is 4.33. The molecule has 1 aliphatic rings. The van der Waals surface area contributed by atoms with Crippen LogP contribution in [0.4, 0.5) is 5.69 Å². The molecular formula is C12H17ClN2O3S. The first kappa shape index (κ1) is 14.6. The lowest BCUT2D eigenvalue weighted by atomic mass is 10.1. The lowest BCUT2D eigenvalue weighted by molar-refractivity contribution is 0.134. The van der Waals surface area contributed by atoms with Crippen molar-refractivity contribution in [2.24, 2.45) is 5.92 Å². The molecule has 5 nitrogen and oxygen atoms in total. The summed E-state index contributed by atoms with van der Waals surface area (Å²) in [7, 11) is -3.70. The molecule has 0 amide bonds. The summed E-state index contributed by atoms with van der Waals surface area (Å²) < 4.78 is 26.8. The highest BCUT2D eigenvalue weighted by molar-refractivity contribution is 7.89. The highest BCUT2D eigenvalue weighted by Crippen LogP contribution is 2.27. The second kappa shape index (κ2) is 5.66. The Morgan fingerprint density at radius 3 is 2.79 bits per heavy atom. The Morgan fingerprint density at radius 2 is 2.16 bits per heavy atom. The standard InChI is InChI=1S/C12H17ClN2O3S/c13-10-5-4-9(14)6-12(10)19(17,18)15-7-8-2-1-3-11(8)16/h4-6,8,11,15-16H,1-3,7,14H2. The normalized spacial score (nSPS) is 23.7. The van der Waals surface area contributed by atoms with Gasteiger partial charge in [0.1, 0.15) is 4.90 Å². The van der Waals surface area contributed by atoms with Crippen LogP contribution in [0, 0.1) is 5.92 Å². The molecule has 0 heterocycles. The zero-order chi connectivity index (χ0) is 14.0. The highest BCUT2D eigenvalue weighted by atomic mass is 35.5. The van der Waals surface area contributed by atoms with Crippen molar-refractivity contribution in [2.75, 3.05) is 12.3 Å². The van der Waals surface area contributed by atoms with E-state index in [-0.39, 0.29) is 22.4 Å². The molecule has 0 spiro atoms. The molecule has 0 bridgehead atoms. The molecule has 0 aromatic heterocycles. The van der Waals surface area contributed by atoms with Crippen molar-refractivity contribution in [1.29, 1.82) is 0 Å². The molecule has 2 rings (SSSR count). The van der Waals surface area contributed by atoms with Crippen molar-refractivity contribution in [3.8, 4) is 0 Å². The third-order valence-electron chi connectivity index (χ3n) is 3.40. The van der Waals surface area contributed by atoms with Crippen molar-refractivity contribution in [3.63, 3.8) is 0 Å². The number of hydrogen-bond donors (Lipinski definition) is 3. The number of nitrogens with two attached hydrogens (primary N) is 1. The van der Waals surface area contributed by atoms with E-state index in [2.05, 4.69) is 4.72 Å². The number of halogens is 1. The molecule has 1 aromatic carbocycles. The van der Waals surface area contributed by atoms with Crippen LogP contribution in [0.15, 0.2) is 23.1 Å². The van der Waals surface area contributed by atoms with Crippen LogP contribution in [0.5, 0.6) is 0 Å². The molecule has 1 aliphatic carbocycles. The maximum atomic E-state index is 12.1. The van der Waals surface area contributed by atoms with Crippen LogP contribution in [0.1, 0.15) is 19.3 Å². The number of nitrogens with one attached hydrogen (secondary N) is 1. The molecule has 0 radical (unpaired) electrons. The van der Waals surface area contributed by atoms with E-state index in [9.17, 15) is 13.5 Å². The van der Waals surface area contributed by atoms with Crippen LogP contribution in [0.3, 0.4) is 0 Å². The van der Waals surface area contributed by atoms with E-state index in [1.807, 2.05) is 0 Å². The summed E-state index contributed by atoms with van der Waals surface area (Å²) in [5.74, 6) is -0.0328. The van der Waals surface area contributed by atoms with E-state index in [0.717, 1.165) is 19.3 Å². The molecule has 2 atom stereocenters. The van der Waals surface area contributed by atoms with Gasteiger partial charge >= 0.3 is 0 Å². The predicted octanol–water partition coefficient (Wildman–Crippen LogP) is 1.36. The van der Waals surface area contributed by atoms with Crippen LogP contribution in [0.25, 0.3) is 0 Å². The fraction of sp³-hybridized carbons (Fsp3) is 0.500. The van der Waals surface area contributed by atoms with Gasteiger partial charge in [-0.05, 0) is 37.0 Å². The molecule has 2 unspecified atom stereocenters. The summed E-state index contributed by atoms with van der Waals surface area (Å²) in [5.41, 5.74) is 5.91. The lowest BCUT2D eigenvalue weighted by Crippen LogP contribution is -2.32. The summed E-state index contributed by atoms with van der Waals surface area (Å²) in [6.07, 6.45) is 2.05. The van der Waals surface area contributed by atoms with Crippen LogP contribution in [-0.2, 0) is 10.0 Å². The van der Waals surface area contributed by atoms with Crippen molar-refractivity contribution in [1.82, 2.24) is 4.72 Å². The average Bonchev–Trinajstić information content (AvgIpc) is 2.75. The largest absolute Gasteiger partial charge is 0.399 e. The van der Waals surface area contributed by atoms with E-state index >= 15 is 0 Å². The Bertz CT molecular complexity index is 562. The molecule has 1 saturated carbocycles. The van der Waals surface area contributed by atoms with Crippen molar-refractivity contribution >= 4 is 27.3 Å². The Labute approximate surface area is 117 Å². The fourth-order valence-electron chi connectivity index (χ4n) is 2.28. The number of anilines is 1. The fourth-order valence-corrected chi connectivity index (χ4v) is 3.90. The average molecular weight is 305 g/mol. The topological polar surface area (TPSA) is 92.4 Å². The first-order valence-electron chi connectivity index (χ1n) is 6.13. The minimum Gasteiger partial charge on any atom is -0.399 e. The number of benzene rings is 1. The van der Waals surface area contributed by atoms with E-state index in [4.69, 9.17) is 17.3 Å². The number of sulfonamides is 1. The van der Waals surface area contributed by atoms with Gasteiger partial charge in [0.2, 0.25) is 10.0 Å². The minimum atomic E-state index is -3.70. The summed E-state index contributed by atoms with van der Waals surface area (Å²) in [6.45, 7) is 0.217. The highest BCUT2D eigenvalue weighted by Gasteiger charge is 2.27. The van der Waals surface area contributed by atoms with Crippen molar-refractivity contribution in [2.45, 2.75) is 30.3 Å². The number of aliphatic hydroxyl groups is 1. The Hall–Kier alpha value is -0.820. The Morgan fingerprint density at radius 1 is 1.42 bits per heavy atom. The Kier molecular flexibility index (Phi) is 4.35. The van der Waals surface area contributed by atoms with Crippen molar-refractivity contribution in [3.05, 3.63) is 23.2 Å². The first-order valence-corrected chi connectivity index (χ1v) is 7.99. The van der Waals surface area contributed by atoms with E-state index in [0.29, 0.717) is 5.69 Å². The monoisotopic (exact) mass is 304 g/mol. The number of hydrogen-bond acceptors (Lipinski definition) is 4. The van der Waals surface area contributed by atoms with Crippen LogP contribution in [-0.4, -0.2) is 26.2 Å². The van der Waals surface area contributed by atoms with Gasteiger partial charge in [-0.25, -0.2) is 13.1 Å². The van der Waals surface area contributed by atoms with Gasteiger partial charge in [-0.2, -0.15) is 0 Å². The quantitative estimate of drug-likeness (QED) is 0.732. The molecule has 4 N–H and O–H groups in total. The van der Waals surface area contributed by atoms with Crippen LogP contribution >= 0.6 is 11.6 Å². The Balaban J connectivity index is 2.12. The van der Waals surface area contributed by atoms with Gasteiger partial charge in [0.25, 0.3) is 0 Å². The zero-order valence-electron chi connectivity index (χ0n) is 10.3. The van der Waals surface area contributed by atoms with Gasteiger partial charge in [0.05, 0.1) is 11.1 Å². The maximum absolute atomic E-state index is 12.1. The molecule has 7 heteroatoms. The van der Waals surface area contributed by atoms with Gasteiger partial charge in [-0.3, -0.25) is 0 Å². The maximum Gasteiger partial charge on any atom is 0.242 e. The SMILES string of the molecule is Nc1ccc(Cl)c(S(=O)(=O)NCC2CCCC2O)c1. The molecule has 1 fully saturated rings. The van der Waals surface area contributed by atoms with Gasteiger partial charge in [0, 0.05) is 12.2 Å². The smallest absolute Gasteiger partial charge is 0.242 e. The number of rotatable bonds is 4. The van der Waals surface area contributed by atoms with E-state index < -0.39 is 16.1 Å². The second-order valence-electron chi connectivity index (χ2n) is 4.80. The lowest BCUT2D eigenvalue weighted by Gasteiger charge is -2.15. The van der Waals surface area contributed by atoms with Crippen molar-refractivity contribution < 1.29 is 13.5 Å². The second-order valence-corrected chi connectivity index (χ2v) is 6.94. The van der Waals surface area contributed by atoms with Crippen LogP contribution in [0.2, 0.25) is 5.02 Å². The van der Waals surface area contributed by atoms with Crippen LogP contribution < -0.4 is 10.5 Å². The molecule has 0 aliphatic heterocycles. The third kappa shape index (κ3) is 3.39. The van der Waals surface area contributed by atoms with Gasteiger partial charge < -0.3 is 10.8 Å². The van der Waals surface area contributed by atoms with Gasteiger partial charge in [-0.15, -0.1) is 0 Å². The zero-order valence-corrected chi connectivity index (χ0v) is 11.9. The molecule has 106 valence electrons. The van der Waals surface area contributed by atoms with Gasteiger partial charge in [-0.1, -0.05) is 18.0 Å². The van der Waals surface area contributed by atoms with E-state index in [1.54, 1.807) is 6.07 Å². The summed E-state index contributed by atoms with van der Waals surface area (Å²) in [5, 5.41) is 9.81. The number of aliphatic hydroxyl groups excluding tert-OH is 1. The molecular weight excluding hydrogens is 288 g/mol. The van der Waals surface area contributed by atoms with E-state index in [1.165, 1.54) is 12.1 Å². The predicted molar refractivity (Wildman–Crippen MR) is 74.4 cm³/mol. The summed E-state index contributed by atoms with van der Waals surface area (Å²) >= 11 is 5.88. The summed E-state index contributed by atoms with van der Waals surface area (Å²) in [4.78, 5) is -0.0262. The third-order valence-corrected chi connectivity index (χ3v) is 5.30. The minimum absolute atomic E-state index is 0.0262. The number of nitrogen functional groups attached to an aromatic ring is 1. The van der Waals surface area contributed by atoms with Gasteiger partial charge in [0.15, 0.2) is 0 Å². The molecule has 19 heavy (non-hydrogen) atoms. The first-order chi connectivity index (χ1) is 8.90.